The van der Waals surface area contributed by atoms with Crippen molar-refractivity contribution < 1.29 is 4.52 Å². The highest BCUT2D eigenvalue weighted by atomic mass is 16.5. The Bertz CT molecular complexity index is 423. The summed E-state index contributed by atoms with van der Waals surface area (Å²) in [7, 11) is 0. The van der Waals surface area contributed by atoms with Crippen LogP contribution in [0.1, 0.15) is 70.0 Å². The van der Waals surface area contributed by atoms with Crippen molar-refractivity contribution in [3.63, 3.8) is 0 Å². The molecule has 0 bridgehead atoms. The molecular formula is C15H25N3O. The molecule has 1 N–H and O–H groups in total. The number of hydrogen-bond acceptors (Lipinski definition) is 4. The Hall–Kier alpha value is -0.900. The number of rotatable bonds is 2. The Morgan fingerprint density at radius 3 is 2.95 bits per heavy atom. The number of aromatic nitrogens is 2. The van der Waals surface area contributed by atoms with Crippen LogP contribution in [-0.4, -0.2) is 23.2 Å². The van der Waals surface area contributed by atoms with Gasteiger partial charge in [0.2, 0.25) is 5.89 Å². The van der Waals surface area contributed by atoms with Gasteiger partial charge in [-0.3, -0.25) is 0 Å². The Kier molecular flexibility index (Phi) is 3.61. The van der Waals surface area contributed by atoms with Gasteiger partial charge in [0.25, 0.3) is 0 Å². The molecule has 106 valence electrons. The second-order valence-corrected chi connectivity index (χ2v) is 6.77. The Balaban J connectivity index is 1.75. The molecule has 1 aromatic rings. The summed E-state index contributed by atoms with van der Waals surface area (Å²) >= 11 is 0. The van der Waals surface area contributed by atoms with Crippen LogP contribution in [0.2, 0.25) is 0 Å². The molecular weight excluding hydrogens is 238 g/mol. The van der Waals surface area contributed by atoms with Crippen LogP contribution >= 0.6 is 0 Å². The zero-order valence-electron chi connectivity index (χ0n) is 12.1. The fourth-order valence-corrected chi connectivity index (χ4v) is 3.55. The van der Waals surface area contributed by atoms with E-state index in [0.29, 0.717) is 5.92 Å². The van der Waals surface area contributed by atoms with Gasteiger partial charge in [0.05, 0.1) is 5.41 Å². The summed E-state index contributed by atoms with van der Waals surface area (Å²) in [4.78, 5) is 4.75. The SMILES string of the molecule is CC1CCCC(c2noc(C3(C)CCCNC3)n2)C1. The van der Waals surface area contributed by atoms with E-state index in [4.69, 9.17) is 9.51 Å². The topological polar surface area (TPSA) is 51.0 Å². The lowest BCUT2D eigenvalue weighted by Crippen LogP contribution is -2.41. The van der Waals surface area contributed by atoms with Gasteiger partial charge < -0.3 is 9.84 Å². The maximum absolute atomic E-state index is 5.59. The van der Waals surface area contributed by atoms with Crippen LogP contribution in [0.15, 0.2) is 4.52 Å². The standard InChI is InChI=1S/C15H25N3O/c1-11-5-3-6-12(9-11)13-17-14(19-18-13)15(2)7-4-8-16-10-15/h11-12,16H,3-10H2,1-2H3. The summed E-state index contributed by atoms with van der Waals surface area (Å²) in [5, 5.41) is 7.72. The number of piperidine rings is 1. The van der Waals surface area contributed by atoms with Crippen LogP contribution in [0, 0.1) is 5.92 Å². The van der Waals surface area contributed by atoms with Gasteiger partial charge in [-0.2, -0.15) is 4.98 Å². The summed E-state index contributed by atoms with van der Waals surface area (Å²) in [5.41, 5.74) is 0.0315. The van der Waals surface area contributed by atoms with Crippen molar-refractivity contribution in [3.05, 3.63) is 11.7 Å². The van der Waals surface area contributed by atoms with Gasteiger partial charge in [0, 0.05) is 12.5 Å². The van der Waals surface area contributed by atoms with Crippen molar-refractivity contribution in [3.8, 4) is 0 Å². The molecule has 0 aromatic carbocycles. The van der Waals surface area contributed by atoms with Crippen molar-refractivity contribution in [1.29, 1.82) is 0 Å². The fourth-order valence-electron chi connectivity index (χ4n) is 3.55. The molecule has 1 saturated heterocycles. The zero-order valence-corrected chi connectivity index (χ0v) is 12.1. The van der Waals surface area contributed by atoms with Crippen molar-refractivity contribution in [2.45, 2.75) is 63.7 Å². The average molecular weight is 263 g/mol. The van der Waals surface area contributed by atoms with Gasteiger partial charge >= 0.3 is 0 Å². The second kappa shape index (κ2) is 5.23. The lowest BCUT2D eigenvalue weighted by atomic mass is 9.81. The van der Waals surface area contributed by atoms with E-state index in [1.54, 1.807) is 0 Å². The van der Waals surface area contributed by atoms with Gasteiger partial charge in [-0.15, -0.1) is 0 Å². The lowest BCUT2D eigenvalue weighted by Gasteiger charge is -2.30. The normalized spacial score (nSPS) is 36.3. The van der Waals surface area contributed by atoms with Crippen LogP contribution in [0.5, 0.6) is 0 Å². The molecule has 2 aliphatic rings. The summed E-state index contributed by atoms with van der Waals surface area (Å²) < 4.78 is 5.59. The van der Waals surface area contributed by atoms with Gasteiger partial charge in [-0.05, 0) is 45.1 Å². The smallest absolute Gasteiger partial charge is 0.233 e. The van der Waals surface area contributed by atoms with Crippen LogP contribution in [0.25, 0.3) is 0 Å². The average Bonchev–Trinajstić information content (AvgIpc) is 2.90. The summed E-state index contributed by atoms with van der Waals surface area (Å²) in [6.07, 6.45) is 7.42. The van der Waals surface area contributed by atoms with E-state index >= 15 is 0 Å². The summed E-state index contributed by atoms with van der Waals surface area (Å²) in [5.74, 6) is 3.11. The first kappa shape index (κ1) is 13.1. The highest BCUT2D eigenvalue weighted by Gasteiger charge is 2.35. The van der Waals surface area contributed by atoms with Gasteiger partial charge in [0.15, 0.2) is 5.82 Å². The molecule has 1 aliphatic heterocycles. The minimum Gasteiger partial charge on any atom is -0.339 e. The van der Waals surface area contributed by atoms with E-state index in [1.807, 2.05) is 0 Å². The Morgan fingerprint density at radius 1 is 1.32 bits per heavy atom. The number of nitrogens with one attached hydrogen (secondary N) is 1. The third kappa shape index (κ3) is 2.69. The monoisotopic (exact) mass is 263 g/mol. The quantitative estimate of drug-likeness (QED) is 0.891. The minimum atomic E-state index is 0.0315. The van der Waals surface area contributed by atoms with Gasteiger partial charge in [0.1, 0.15) is 0 Å². The van der Waals surface area contributed by atoms with Crippen molar-refractivity contribution in [2.24, 2.45) is 5.92 Å². The molecule has 4 heteroatoms. The largest absolute Gasteiger partial charge is 0.339 e. The van der Waals surface area contributed by atoms with Crippen molar-refractivity contribution >= 4 is 0 Å². The van der Waals surface area contributed by atoms with E-state index in [1.165, 1.54) is 32.1 Å². The highest BCUT2D eigenvalue weighted by Crippen LogP contribution is 2.36. The number of nitrogens with zero attached hydrogens (tertiary/aromatic N) is 2. The third-order valence-corrected chi connectivity index (χ3v) is 4.86. The summed E-state index contributed by atoms with van der Waals surface area (Å²) in [6.45, 7) is 6.63. The molecule has 4 nitrogen and oxygen atoms in total. The molecule has 2 fully saturated rings. The Labute approximate surface area is 115 Å². The van der Waals surface area contributed by atoms with Crippen molar-refractivity contribution in [1.82, 2.24) is 15.5 Å². The molecule has 2 heterocycles. The molecule has 1 aliphatic carbocycles. The van der Waals surface area contributed by atoms with Crippen LogP contribution in [0.4, 0.5) is 0 Å². The maximum Gasteiger partial charge on any atom is 0.233 e. The molecule has 1 aromatic heterocycles. The summed E-state index contributed by atoms with van der Waals surface area (Å²) in [6, 6.07) is 0. The molecule has 0 spiro atoms. The van der Waals surface area contributed by atoms with Crippen LogP contribution < -0.4 is 5.32 Å². The predicted molar refractivity (Wildman–Crippen MR) is 74.1 cm³/mol. The lowest BCUT2D eigenvalue weighted by molar-refractivity contribution is 0.243. The van der Waals surface area contributed by atoms with E-state index in [9.17, 15) is 0 Å². The van der Waals surface area contributed by atoms with Gasteiger partial charge in [-0.25, -0.2) is 0 Å². The Morgan fingerprint density at radius 2 is 2.21 bits per heavy atom. The number of hydrogen-bond donors (Lipinski definition) is 1. The third-order valence-electron chi connectivity index (χ3n) is 4.86. The van der Waals surface area contributed by atoms with Crippen LogP contribution in [0.3, 0.4) is 0 Å². The molecule has 3 atom stereocenters. The van der Waals surface area contributed by atoms with E-state index in [2.05, 4.69) is 24.3 Å². The molecule has 1 saturated carbocycles. The van der Waals surface area contributed by atoms with Crippen LogP contribution in [-0.2, 0) is 5.41 Å². The predicted octanol–water partition coefficient (Wildman–Crippen LogP) is 3.00. The first-order chi connectivity index (χ1) is 9.17. The second-order valence-electron chi connectivity index (χ2n) is 6.77. The molecule has 0 radical (unpaired) electrons. The first-order valence-corrected chi connectivity index (χ1v) is 7.72. The fraction of sp³-hybridized carbons (Fsp3) is 0.867. The maximum atomic E-state index is 5.59. The van der Waals surface area contributed by atoms with Gasteiger partial charge in [-0.1, -0.05) is 24.9 Å². The molecule has 19 heavy (non-hydrogen) atoms. The first-order valence-electron chi connectivity index (χ1n) is 7.72. The minimum absolute atomic E-state index is 0.0315. The zero-order chi connectivity index (χ0) is 13.3. The highest BCUT2D eigenvalue weighted by molar-refractivity contribution is 5.08. The molecule has 3 rings (SSSR count). The van der Waals surface area contributed by atoms with Crippen molar-refractivity contribution in [2.75, 3.05) is 13.1 Å². The van der Waals surface area contributed by atoms with E-state index in [-0.39, 0.29) is 5.41 Å². The van der Waals surface area contributed by atoms with E-state index in [0.717, 1.165) is 37.1 Å². The van der Waals surface area contributed by atoms with E-state index < -0.39 is 0 Å². The molecule has 0 amide bonds. The molecule has 3 unspecified atom stereocenters.